The number of amides is 1. The average Bonchev–Trinajstić information content (AvgIpc) is 2.82. The second kappa shape index (κ2) is 8.17. The molecule has 1 amide bonds. The van der Waals surface area contributed by atoms with Gasteiger partial charge < -0.3 is 15.0 Å². The number of pyridine rings is 1. The highest BCUT2D eigenvalue weighted by Gasteiger charge is 2.15. The van der Waals surface area contributed by atoms with Crippen LogP contribution in [0.2, 0.25) is 0 Å². The molecule has 0 fully saturated rings. The highest BCUT2D eigenvalue weighted by Crippen LogP contribution is 2.18. The van der Waals surface area contributed by atoms with Gasteiger partial charge in [-0.3, -0.25) is 4.79 Å². The minimum absolute atomic E-state index is 0.134. The Labute approximate surface area is 141 Å². The first-order chi connectivity index (χ1) is 11.1. The molecule has 6 heteroatoms. The number of hydrogen-bond donors (Lipinski definition) is 2. The molecule has 0 aromatic carbocycles. The van der Waals surface area contributed by atoms with Crippen LogP contribution in [0.15, 0.2) is 24.4 Å². The highest BCUT2D eigenvalue weighted by atomic mass is 32.2. The van der Waals surface area contributed by atoms with Gasteiger partial charge in [0.15, 0.2) is 0 Å². The summed E-state index contributed by atoms with van der Waals surface area (Å²) in [4.78, 5) is 16.7. The van der Waals surface area contributed by atoms with E-state index in [0.29, 0.717) is 17.1 Å². The molecule has 0 saturated heterocycles. The van der Waals surface area contributed by atoms with Crippen molar-refractivity contribution >= 4 is 23.5 Å². The number of anilines is 1. The third kappa shape index (κ3) is 4.36. The predicted molar refractivity (Wildman–Crippen MR) is 95.0 cm³/mol. The van der Waals surface area contributed by atoms with Crippen LogP contribution in [0.25, 0.3) is 0 Å². The van der Waals surface area contributed by atoms with Crippen molar-refractivity contribution in [3.63, 3.8) is 0 Å². The Morgan fingerprint density at radius 3 is 2.83 bits per heavy atom. The molecule has 0 bridgehead atoms. The zero-order valence-corrected chi connectivity index (χ0v) is 14.6. The largest absolute Gasteiger partial charge is 0.396 e. The fourth-order valence-corrected chi connectivity index (χ4v) is 3.28. The number of carbonyl (C=O) groups excluding carboxylic acids is 1. The topological polar surface area (TPSA) is 67.2 Å². The minimum atomic E-state index is -0.134. The summed E-state index contributed by atoms with van der Waals surface area (Å²) >= 11 is 1.65. The van der Waals surface area contributed by atoms with Crippen LogP contribution in [-0.2, 0) is 12.3 Å². The molecule has 0 unspecified atom stereocenters. The smallest absolute Gasteiger partial charge is 0.258 e. The van der Waals surface area contributed by atoms with Gasteiger partial charge in [-0.15, -0.1) is 0 Å². The van der Waals surface area contributed by atoms with Crippen molar-refractivity contribution in [3.05, 3.63) is 46.9 Å². The third-order valence-electron chi connectivity index (χ3n) is 3.70. The predicted octanol–water partition coefficient (Wildman–Crippen LogP) is 3.00. The molecule has 0 aliphatic carbocycles. The lowest BCUT2D eigenvalue weighted by atomic mass is 10.2. The van der Waals surface area contributed by atoms with Crippen molar-refractivity contribution in [1.82, 2.24) is 9.55 Å². The average molecular weight is 333 g/mol. The molecule has 2 aromatic rings. The first kappa shape index (κ1) is 17.6. The van der Waals surface area contributed by atoms with Gasteiger partial charge in [-0.1, -0.05) is 0 Å². The fourth-order valence-electron chi connectivity index (χ4n) is 2.59. The SMILES string of the molecule is CCn1c(C)cc(C(=O)Nc2cc(CSCCO)ccn2)c1C. The number of nitrogens with zero attached hydrogens (tertiary/aromatic N) is 2. The van der Waals surface area contributed by atoms with E-state index >= 15 is 0 Å². The normalized spacial score (nSPS) is 10.8. The summed E-state index contributed by atoms with van der Waals surface area (Å²) in [6, 6.07) is 5.71. The van der Waals surface area contributed by atoms with Crippen molar-refractivity contribution in [2.24, 2.45) is 0 Å². The third-order valence-corrected chi connectivity index (χ3v) is 4.71. The van der Waals surface area contributed by atoms with E-state index in [9.17, 15) is 4.79 Å². The molecule has 0 aliphatic heterocycles. The van der Waals surface area contributed by atoms with Gasteiger partial charge in [-0.2, -0.15) is 11.8 Å². The summed E-state index contributed by atoms with van der Waals surface area (Å²) < 4.78 is 2.12. The van der Waals surface area contributed by atoms with Crippen molar-refractivity contribution in [3.8, 4) is 0 Å². The Morgan fingerprint density at radius 2 is 2.17 bits per heavy atom. The summed E-state index contributed by atoms with van der Waals surface area (Å²) in [5, 5.41) is 11.7. The molecule has 2 aromatic heterocycles. The molecule has 5 nitrogen and oxygen atoms in total. The lowest BCUT2D eigenvalue weighted by Gasteiger charge is -2.08. The fraction of sp³-hybridized carbons (Fsp3) is 0.412. The van der Waals surface area contributed by atoms with Gasteiger partial charge in [0.1, 0.15) is 5.82 Å². The van der Waals surface area contributed by atoms with Crippen LogP contribution in [-0.4, -0.2) is 32.9 Å². The van der Waals surface area contributed by atoms with E-state index in [2.05, 4.69) is 21.8 Å². The lowest BCUT2D eigenvalue weighted by molar-refractivity contribution is 0.102. The molecule has 124 valence electrons. The molecule has 23 heavy (non-hydrogen) atoms. The van der Waals surface area contributed by atoms with Crippen LogP contribution in [0, 0.1) is 13.8 Å². The first-order valence-corrected chi connectivity index (χ1v) is 8.84. The Balaban J connectivity index is 2.10. The summed E-state index contributed by atoms with van der Waals surface area (Å²) in [6.07, 6.45) is 1.69. The van der Waals surface area contributed by atoms with Crippen LogP contribution >= 0.6 is 11.8 Å². The number of aryl methyl sites for hydroxylation is 1. The lowest BCUT2D eigenvalue weighted by Crippen LogP contribution is -2.14. The molecule has 2 heterocycles. The number of aliphatic hydroxyl groups is 1. The second-order valence-electron chi connectivity index (χ2n) is 5.31. The Hall–Kier alpha value is -1.79. The van der Waals surface area contributed by atoms with Crippen LogP contribution in [0.5, 0.6) is 0 Å². The van der Waals surface area contributed by atoms with E-state index in [1.54, 1.807) is 18.0 Å². The number of hydrogen-bond acceptors (Lipinski definition) is 4. The zero-order valence-electron chi connectivity index (χ0n) is 13.8. The van der Waals surface area contributed by atoms with E-state index in [-0.39, 0.29) is 12.5 Å². The van der Waals surface area contributed by atoms with E-state index in [0.717, 1.165) is 29.2 Å². The number of aromatic nitrogens is 2. The first-order valence-electron chi connectivity index (χ1n) is 7.68. The number of rotatable bonds is 7. The number of aliphatic hydroxyl groups excluding tert-OH is 1. The van der Waals surface area contributed by atoms with Gasteiger partial charge in [0.05, 0.1) is 12.2 Å². The highest BCUT2D eigenvalue weighted by molar-refractivity contribution is 7.98. The molecule has 2 N–H and O–H groups in total. The maximum Gasteiger partial charge on any atom is 0.258 e. The summed E-state index contributed by atoms with van der Waals surface area (Å²) in [6.45, 7) is 7.05. The quantitative estimate of drug-likeness (QED) is 0.765. The standard InChI is InChI=1S/C17H23N3O2S/c1-4-20-12(2)9-15(13(20)3)17(22)19-16-10-14(5-6-18-16)11-23-8-7-21/h5-6,9-10,21H,4,7-8,11H2,1-3H3,(H,18,19,22). The van der Waals surface area contributed by atoms with Gasteiger partial charge >= 0.3 is 0 Å². The van der Waals surface area contributed by atoms with E-state index < -0.39 is 0 Å². The minimum Gasteiger partial charge on any atom is -0.396 e. The number of carbonyl (C=O) groups is 1. The van der Waals surface area contributed by atoms with Crippen LogP contribution < -0.4 is 5.32 Å². The molecule has 0 saturated carbocycles. The van der Waals surface area contributed by atoms with Crippen LogP contribution in [0.3, 0.4) is 0 Å². The molecule has 0 radical (unpaired) electrons. The Kier molecular flexibility index (Phi) is 6.24. The molecular weight excluding hydrogens is 310 g/mol. The molecular formula is C17H23N3O2S. The van der Waals surface area contributed by atoms with Gasteiger partial charge in [0.2, 0.25) is 0 Å². The van der Waals surface area contributed by atoms with E-state index in [4.69, 9.17) is 5.11 Å². The Morgan fingerprint density at radius 1 is 1.39 bits per heavy atom. The van der Waals surface area contributed by atoms with E-state index in [1.165, 1.54) is 0 Å². The zero-order chi connectivity index (χ0) is 16.8. The Bertz CT molecular complexity index is 682. The van der Waals surface area contributed by atoms with Crippen LogP contribution in [0.4, 0.5) is 5.82 Å². The summed E-state index contributed by atoms with van der Waals surface area (Å²) in [7, 11) is 0. The summed E-state index contributed by atoms with van der Waals surface area (Å²) in [5.74, 6) is 1.91. The molecule has 0 atom stereocenters. The summed E-state index contributed by atoms with van der Waals surface area (Å²) in [5.41, 5.74) is 3.81. The van der Waals surface area contributed by atoms with Gasteiger partial charge in [-0.05, 0) is 44.5 Å². The van der Waals surface area contributed by atoms with Gasteiger partial charge in [0, 0.05) is 35.6 Å². The maximum absolute atomic E-state index is 12.5. The maximum atomic E-state index is 12.5. The second-order valence-corrected chi connectivity index (χ2v) is 6.41. The molecule has 0 spiro atoms. The van der Waals surface area contributed by atoms with Crippen molar-refractivity contribution < 1.29 is 9.90 Å². The number of nitrogens with one attached hydrogen (secondary N) is 1. The monoisotopic (exact) mass is 333 g/mol. The van der Waals surface area contributed by atoms with Gasteiger partial charge in [0.25, 0.3) is 5.91 Å². The van der Waals surface area contributed by atoms with Crippen molar-refractivity contribution in [2.75, 3.05) is 17.7 Å². The molecule has 0 aliphatic rings. The van der Waals surface area contributed by atoms with Crippen LogP contribution in [0.1, 0.15) is 34.2 Å². The molecule has 2 rings (SSSR count). The van der Waals surface area contributed by atoms with E-state index in [1.807, 2.05) is 32.0 Å². The number of thioether (sulfide) groups is 1. The van der Waals surface area contributed by atoms with Crippen molar-refractivity contribution in [1.29, 1.82) is 0 Å². The van der Waals surface area contributed by atoms with Crippen molar-refractivity contribution in [2.45, 2.75) is 33.1 Å². The van der Waals surface area contributed by atoms with Gasteiger partial charge in [-0.25, -0.2) is 4.98 Å².